The van der Waals surface area contributed by atoms with Gasteiger partial charge in [0.05, 0.1) is 10.6 Å². The van der Waals surface area contributed by atoms with Gasteiger partial charge in [0, 0.05) is 18.6 Å². The zero-order valence-electron chi connectivity index (χ0n) is 9.01. The average molecular weight is 246 g/mol. The van der Waals surface area contributed by atoms with Gasteiger partial charge in [-0.1, -0.05) is 11.6 Å². The van der Waals surface area contributed by atoms with E-state index in [1.54, 1.807) is 24.7 Å². The maximum Gasteiger partial charge on any atom is 0.247 e. The van der Waals surface area contributed by atoms with Crippen molar-refractivity contribution >= 4 is 22.8 Å². The number of halogens is 1. The highest BCUT2D eigenvalue weighted by Gasteiger charge is 2.11. The van der Waals surface area contributed by atoms with Crippen LogP contribution in [0.15, 0.2) is 35.1 Å². The minimum atomic E-state index is 0.463. The Labute approximate surface area is 102 Å². The standard InChI is InChI=1S/C12H8ClN3O/c1-7-4-10-12(15-5-7)17-11(16-10)8-2-3-14-6-9(8)13/h2-6H,1H3. The van der Waals surface area contributed by atoms with E-state index in [1.165, 1.54) is 0 Å². The van der Waals surface area contributed by atoms with Crippen molar-refractivity contribution in [3.8, 4) is 11.5 Å². The molecule has 0 N–H and O–H groups in total. The monoisotopic (exact) mass is 245 g/mol. The molecule has 3 heterocycles. The molecule has 4 nitrogen and oxygen atoms in total. The van der Waals surface area contributed by atoms with E-state index in [4.69, 9.17) is 16.0 Å². The van der Waals surface area contributed by atoms with Crippen LogP contribution in [-0.4, -0.2) is 15.0 Å². The lowest BCUT2D eigenvalue weighted by atomic mass is 10.3. The maximum atomic E-state index is 6.03. The minimum absolute atomic E-state index is 0.463. The zero-order valence-corrected chi connectivity index (χ0v) is 9.77. The largest absolute Gasteiger partial charge is 0.418 e. The molecule has 0 aliphatic heterocycles. The molecule has 5 heteroatoms. The second-order valence-corrected chi connectivity index (χ2v) is 4.12. The summed E-state index contributed by atoms with van der Waals surface area (Å²) in [5.74, 6) is 0.463. The van der Waals surface area contributed by atoms with Crippen LogP contribution in [0.2, 0.25) is 5.02 Å². The maximum absolute atomic E-state index is 6.03. The minimum Gasteiger partial charge on any atom is -0.418 e. The molecule has 17 heavy (non-hydrogen) atoms. The highest BCUT2D eigenvalue weighted by Crippen LogP contribution is 2.28. The number of fused-ring (bicyclic) bond motifs is 1. The SMILES string of the molecule is Cc1cnc2oc(-c3ccncc3Cl)nc2c1. The van der Waals surface area contributed by atoms with Crippen molar-refractivity contribution in [3.05, 3.63) is 41.3 Å². The average Bonchev–Trinajstić information content (AvgIpc) is 2.72. The summed E-state index contributed by atoms with van der Waals surface area (Å²) in [5.41, 5.74) is 3.00. The molecule has 0 unspecified atom stereocenters. The molecule has 3 aromatic rings. The molecule has 0 fully saturated rings. The first-order valence-corrected chi connectivity index (χ1v) is 5.45. The van der Waals surface area contributed by atoms with Crippen LogP contribution in [0.4, 0.5) is 0 Å². The highest BCUT2D eigenvalue weighted by atomic mass is 35.5. The Morgan fingerprint density at radius 1 is 1.29 bits per heavy atom. The first-order chi connectivity index (χ1) is 8.24. The predicted molar refractivity (Wildman–Crippen MR) is 64.8 cm³/mol. The molecule has 0 saturated heterocycles. The van der Waals surface area contributed by atoms with Crippen LogP contribution < -0.4 is 0 Å². The Bertz CT molecular complexity index is 693. The van der Waals surface area contributed by atoms with Crippen LogP contribution in [0.25, 0.3) is 22.7 Å². The number of aromatic nitrogens is 3. The second kappa shape index (κ2) is 3.82. The Morgan fingerprint density at radius 2 is 2.18 bits per heavy atom. The molecule has 3 aromatic heterocycles. The van der Waals surface area contributed by atoms with Crippen molar-refractivity contribution in [3.63, 3.8) is 0 Å². The van der Waals surface area contributed by atoms with Gasteiger partial charge in [-0.15, -0.1) is 0 Å². The fraction of sp³-hybridized carbons (Fsp3) is 0.0833. The number of hydrogen-bond acceptors (Lipinski definition) is 4. The van der Waals surface area contributed by atoms with E-state index in [0.29, 0.717) is 16.6 Å². The molecule has 84 valence electrons. The lowest BCUT2D eigenvalue weighted by Gasteiger charge is -1.95. The van der Waals surface area contributed by atoms with Crippen molar-refractivity contribution in [1.29, 1.82) is 0 Å². The quantitative estimate of drug-likeness (QED) is 0.660. The van der Waals surface area contributed by atoms with Gasteiger partial charge in [-0.2, -0.15) is 0 Å². The molecule has 0 spiro atoms. The van der Waals surface area contributed by atoms with E-state index in [-0.39, 0.29) is 0 Å². The van der Waals surface area contributed by atoms with E-state index in [9.17, 15) is 0 Å². The molecular formula is C12H8ClN3O. The van der Waals surface area contributed by atoms with Crippen LogP contribution in [0.5, 0.6) is 0 Å². The summed E-state index contributed by atoms with van der Waals surface area (Å²) in [6.07, 6.45) is 4.95. The van der Waals surface area contributed by atoms with Gasteiger partial charge in [-0.25, -0.2) is 9.97 Å². The summed E-state index contributed by atoms with van der Waals surface area (Å²) in [5, 5.41) is 0.510. The van der Waals surface area contributed by atoms with Crippen molar-refractivity contribution in [2.24, 2.45) is 0 Å². The normalized spacial score (nSPS) is 10.9. The molecule has 0 aliphatic carbocycles. The Balaban J connectivity index is 2.22. The van der Waals surface area contributed by atoms with Gasteiger partial charge in [0.2, 0.25) is 11.6 Å². The lowest BCUT2D eigenvalue weighted by molar-refractivity contribution is 0.607. The van der Waals surface area contributed by atoms with E-state index in [1.807, 2.05) is 13.0 Å². The molecule has 0 bridgehead atoms. The van der Waals surface area contributed by atoms with Gasteiger partial charge in [0.15, 0.2) is 0 Å². The van der Waals surface area contributed by atoms with Crippen molar-refractivity contribution in [1.82, 2.24) is 15.0 Å². The summed E-state index contributed by atoms with van der Waals surface area (Å²) in [6, 6.07) is 3.68. The number of rotatable bonds is 1. The predicted octanol–water partition coefficient (Wildman–Crippen LogP) is 3.25. The Morgan fingerprint density at radius 3 is 3.00 bits per heavy atom. The summed E-state index contributed by atoms with van der Waals surface area (Å²) in [7, 11) is 0. The summed E-state index contributed by atoms with van der Waals surface area (Å²) < 4.78 is 5.56. The van der Waals surface area contributed by atoms with Crippen LogP contribution in [-0.2, 0) is 0 Å². The van der Waals surface area contributed by atoms with Crippen molar-refractivity contribution in [2.45, 2.75) is 6.92 Å². The Hall–Kier alpha value is -1.94. The number of oxazole rings is 1. The summed E-state index contributed by atoms with van der Waals surface area (Å²) in [4.78, 5) is 12.5. The lowest BCUT2D eigenvalue weighted by Crippen LogP contribution is -1.80. The van der Waals surface area contributed by atoms with E-state index in [2.05, 4.69) is 15.0 Å². The molecule has 0 atom stereocenters. The van der Waals surface area contributed by atoms with Gasteiger partial charge in [0.1, 0.15) is 5.52 Å². The topological polar surface area (TPSA) is 51.8 Å². The van der Waals surface area contributed by atoms with Gasteiger partial charge in [-0.3, -0.25) is 4.98 Å². The summed E-state index contributed by atoms with van der Waals surface area (Å²) in [6.45, 7) is 1.96. The van der Waals surface area contributed by atoms with Crippen LogP contribution in [0.3, 0.4) is 0 Å². The molecule has 0 aliphatic rings. The van der Waals surface area contributed by atoms with E-state index < -0.39 is 0 Å². The third-order valence-electron chi connectivity index (χ3n) is 2.39. The van der Waals surface area contributed by atoms with Gasteiger partial charge in [0.25, 0.3) is 0 Å². The number of hydrogen-bond donors (Lipinski definition) is 0. The fourth-order valence-corrected chi connectivity index (χ4v) is 1.79. The van der Waals surface area contributed by atoms with Crippen LogP contribution in [0, 0.1) is 6.92 Å². The highest BCUT2D eigenvalue weighted by molar-refractivity contribution is 6.33. The van der Waals surface area contributed by atoms with Gasteiger partial charge < -0.3 is 4.42 Å². The molecule has 0 aromatic carbocycles. The molecule has 3 rings (SSSR count). The number of aryl methyl sites for hydroxylation is 1. The molecule has 0 radical (unpaired) electrons. The van der Waals surface area contributed by atoms with Crippen molar-refractivity contribution in [2.75, 3.05) is 0 Å². The molecular weight excluding hydrogens is 238 g/mol. The van der Waals surface area contributed by atoms with Gasteiger partial charge in [-0.05, 0) is 24.6 Å². The number of nitrogens with zero attached hydrogens (tertiary/aromatic N) is 3. The molecule has 0 saturated carbocycles. The Kier molecular flexibility index (Phi) is 2.30. The smallest absolute Gasteiger partial charge is 0.247 e. The molecule has 0 amide bonds. The van der Waals surface area contributed by atoms with E-state index in [0.717, 1.165) is 16.6 Å². The van der Waals surface area contributed by atoms with Crippen molar-refractivity contribution < 1.29 is 4.42 Å². The summed E-state index contributed by atoms with van der Waals surface area (Å²) >= 11 is 6.03. The fourth-order valence-electron chi connectivity index (χ4n) is 1.59. The number of pyridine rings is 2. The van der Waals surface area contributed by atoms with E-state index >= 15 is 0 Å². The van der Waals surface area contributed by atoms with Crippen LogP contribution in [0.1, 0.15) is 5.56 Å². The second-order valence-electron chi connectivity index (χ2n) is 3.71. The first-order valence-electron chi connectivity index (χ1n) is 5.07. The zero-order chi connectivity index (χ0) is 11.8. The first kappa shape index (κ1) is 10.2. The van der Waals surface area contributed by atoms with Gasteiger partial charge >= 0.3 is 0 Å². The van der Waals surface area contributed by atoms with Crippen LogP contribution >= 0.6 is 11.6 Å². The third-order valence-corrected chi connectivity index (χ3v) is 2.69. The third kappa shape index (κ3) is 1.76.